The van der Waals surface area contributed by atoms with E-state index >= 15 is 0 Å². The van der Waals surface area contributed by atoms with Crippen molar-refractivity contribution in [2.75, 3.05) is 33.8 Å². The second-order valence-electron chi connectivity index (χ2n) is 5.69. The van der Waals surface area contributed by atoms with E-state index in [9.17, 15) is 22.8 Å². The van der Waals surface area contributed by atoms with Crippen LogP contribution in [0.25, 0.3) is 0 Å². The average molecular weight is 344 g/mol. The molecule has 24 heavy (non-hydrogen) atoms. The van der Waals surface area contributed by atoms with Crippen LogP contribution in [0.2, 0.25) is 0 Å². The summed E-state index contributed by atoms with van der Waals surface area (Å²) < 4.78 is 44.8. The van der Waals surface area contributed by atoms with E-state index in [0.29, 0.717) is 26.1 Å². The molecule has 0 N–H and O–H groups in total. The second kappa shape index (κ2) is 7.65. The predicted molar refractivity (Wildman–Crippen MR) is 79.5 cm³/mol. The van der Waals surface area contributed by atoms with Gasteiger partial charge in [0.05, 0.1) is 7.11 Å². The summed E-state index contributed by atoms with van der Waals surface area (Å²) in [4.78, 5) is 26.8. The van der Waals surface area contributed by atoms with Gasteiger partial charge < -0.3 is 9.64 Å². The number of carbonyl (C=O) groups excluding carboxylic acids is 2. The van der Waals surface area contributed by atoms with Crippen LogP contribution in [0.3, 0.4) is 0 Å². The van der Waals surface area contributed by atoms with Crippen molar-refractivity contribution in [3.05, 3.63) is 35.1 Å². The molecule has 0 radical (unpaired) electrons. The molecule has 0 bridgehead atoms. The number of likely N-dealkylation sites (N-methyl/N-ethyl adjacent to an activating group) is 1. The SMILES string of the molecule is COC(=O)C(c1cc(F)c(F)c(F)c1)N(C)CCN1CCCC1=O. The first-order valence-corrected chi connectivity index (χ1v) is 7.55. The maximum Gasteiger partial charge on any atom is 0.327 e. The molecular weight excluding hydrogens is 325 g/mol. The van der Waals surface area contributed by atoms with E-state index in [-0.39, 0.29) is 11.5 Å². The lowest BCUT2D eigenvalue weighted by Crippen LogP contribution is -2.38. The van der Waals surface area contributed by atoms with Gasteiger partial charge in [-0.2, -0.15) is 0 Å². The first kappa shape index (κ1) is 18.3. The van der Waals surface area contributed by atoms with Crippen molar-refractivity contribution < 1.29 is 27.5 Å². The van der Waals surface area contributed by atoms with Crippen LogP contribution in [-0.4, -0.2) is 55.5 Å². The number of halogens is 3. The Morgan fingerprint density at radius 3 is 2.46 bits per heavy atom. The Labute approximate surface area is 138 Å². The Balaban J connectivity index is 2.18. The zero-order valence-electron chi connectivity index (χ0n) is 13.5. The van der Waals surface area contributed by atoms with Gasteiger partial charge in [-0.25, -0.2) is 18.0 Å². The summed E-state index contributed by atoms with van der Waals surface area (Å²) in [7, 11) is 2.73. The van der Waals surface area contributed by atoms with Crippen LogP contribution in [0.5, 0.6) is 0 Å². The second-order valence-corrected chi connectivity index (χ2v) is 5.69. The zero-order chi connectivity index (χ0) is 17.9. The topological polar surface area (TPSA) is 49.9 Å². The fourth-order valence-corrected chi connectivity index (χ4v) is 2.76. The summed E-state index contributed by atoms with van der Waals surface area (Å²) in [5.74, 6) is -5.02. The smallest absolute Gasteiger partial charge is 0.327 e. The normalized spacial score (nSPS) is 15.9. The van der Waals surface area contributed by atoms with Crippen LogP contribution in [-0.2, 0) is 14.3 Å². The van der Waals surface area contributed by atoms with Crippen molar-refractivity contribution in [3.8, 4) is 0 Å². The van der Waals surface area contributed by atoms with Crippen molar-refractivity contribution in [2.24, 2.45) is 0 Å². The lowest BCUT2D eigenvalue weighted by molar-refractivity contribution is -0.146. The van der Waals surface area contributed by atoms with Crippen molar-refractivity contribution in [1.82, 2.24) is 9.80 Å². The van der Waals surface area contributed by atoms with E-state index in [4.69, 9.17) is 4.74 Å². The lowest BCUT2D eigenvalue weighted by atomic mass is 10.0. The predicted octanol–water partition coefficient (Wildman–Crippen LogP) is 1.87. The van der Waals surface area contributed by atoms with Gasteiger partial charge in [0.2, 0.25) is 5.91 Å². The van der Waals surface area contributed by atoms with Crippen molar-refractivity contribution >= 4 is 11.9 Å². The van der Waals surface area contributed by atoms with E-state index in [1.165, 1.54) is 4.90 Å². The molecule has 132 valence electrons. The van der Waals surface area contributed by atoms with E-state index in [1.807, 2.05) is 0 Å². The first-order chi connectivity index (χ1) is 11.3. The molecule has 1 unspecified atom stereocenters. The van der Waals surface area contributed by atoms with E-state index in [0.717, 1.165) is 25.7 Å². The number of amides is 1. The molecular formula is C16H19F3N2O3. The van der Waals surface area contributed by atoms with Gasteiger partial charge in [0.25, 0.3) is 0 Å². The molecule has 0 saturated carbocycles. The highest BCUT2D eigenvalue weighted by Crippen LogP contribution is 2.25. The van der Waals surface area contributed by atoms with Crippen LogP contribution >= 0.6 is 0 Å². The highest BCUT2D eigenvalue weighted by molar-refractivity contribution is 5.78. The van der Waals surface area contributed by atoms with Crippen molar-refractivity contribution in [2.45, 2.75) is 18.9 Å². The molecule has 1 aromatic carbocycles. The van der Waals surface area contributed by atoms with Gasteiger partial charge in [0.15, 0.2) is 17.5 Å². The molecule has 5 nitrogen and oxygen atoms in total. The maximum absolute atomic E-state index is 13.5. The van der Waals surface area contributed by atoms with Crippen LogP contribution in [0.15, 0.2) is 12.1 Å². The number of benzene rings is 1. The van der Waals surface area contributed by atoms with Crippen molar-refractivity contribution in [1.29, 1.82) is 0 Å². The van der Waals surface area contributed by atoms with Gasteiger partial charge in [0.1, 0.15) is 6.04 Å². The monoisotopic (exact) mass is 344 g/mol. The molecule has 2 rings (SSSR count). The Bertz CT molecular complexity index is 616. The Kier molecular flexibility index (Phi) is 5.82. The molecule has 8 heteroatoms. The molecule has 1 saturated heterocycles. The number of likely N-dealkylation sites (tertiary alicyclic amines) is 1. The van der Waals surface area contributed by atoms with Gasteiger partial charge >= 0.3 is 5.97 Å². The molecule has 1 fully saturated rings. The zero-order valence-corrected chi connectivity index (χ0v) is 13.5. The molecule has 1 aromatic rings. The summed E-state index contributed by atoms with van der Waals surface area (Å²) in [6.07, 6.45) is 1.29. The fourth-order valence-electron chi connectivity index (χ4n) is 2.76. The summed E-state index contributed by atoms with van der Waals surface area (Å²) in [6.45, 7) is 1.33. The van der Waals surface area contributed by atoms with Gasteiger partial charge in [0, 0.05) is 26.1 Å². The van der Waals surface area contributed by atoms with Gasteiger partial charge in [-0.1, -0.05) is 0 Å². The van der Waals surface area contributed by atoms with Crippen LogP contribution in [0.1, 0.15) is 24.4 Å². The molecule has 1 heterocycles. The minimum absolute atomic E-state index is 0.0388. The number of rotatable bonds is 6. The number of hydrogen-bond donors (Lipinski definition) is 0. The highest BCUT2D eigenvalue weighted by Gasteiger charge is 2.29. The third kappa shape index (κ3) is 3.87. The summed E-state index contributed by atoms with van der Waals surface area (Å²) in [5, 5.41) is 0. The Morgan fingerprint density at radius 1 is 1.33 bits per heavy atom. The quantitative estimate of drug-likeness (QED) is 0.584. The third-order valence-electron chi connectivity index (χ3n) is 4.08. The van der Waals surface area contributed by atoms with Crippen LogP contribution in [0.4, 0.5) is 13.2 Å². The molecule has 0 aromatic heterocycles. The first-order valence-electron chi connectivity index (χ1n) is 7.55. The summed E-state index contributed by atoms with van der Waals surface area (Å²) in [5.41, 5.74) is -0.0477. The molecule has 1 atom stereocenters. The molecule has 0 aliphatic carbocycles. The number of nitrogens with zero attached hydrogens (tertiary/aromatic N) is 2. The molecule has 0 spiro atoms. The largest absolute Gasteiger partial charge is 0.468 e. The van der Waals surface area contributed by atoms with Gasteiger partial charge in [-0.15, -0.1) is 0 Å². The van der Waals surface area contributed by atoms with E-state index < -0.39 is 29.5 Å². The number of esters is 1. The molecule has 1 aliphatic heterocycles. The van der Waals surface area contributed by atoms with Crippen molar-refractivity contribution in [3.63, 3.8) is 0 Å². The standard InChI is InChI=1S/C16H19F3N2O3/c1-20(6-7-21-5-3-4-13(21)22)15(16(23)24-2)10-8-11(17)14(19)12(18)9-10/h8-9,15H,3-7H2,1-2H3. The number of carbonyl (C=O) groups is 2. The minimum atomic E-state index is -1.59. The van der Waals surface area contributed by atoms with E-state index in [2.05, 4.69) is 0 Å². The third-order valence-corrected chi connectivity index (χ3v) is 4.08. The molecule has 1 aliphatic rings. The Morgan fingerprint density at radius 2 is 1.96 bits per heavy atom. The van der Waals surface area contributed by atoms with Crippen LogP contribution in [0, 0.1) is 17.5 Å². The highest BCUT2D eigenvalue weighted by atomic mass is 19.2. The summed E-state index contributed by atoms with van der Waals surface area (Å²) >= 11 is 0. The number of ether oxygens (including phenoxy) is 1. The maximum atomic E-state index is 13.5. The Hall–Kier alpha value is -2.09. The number of hydrogen-bond acceptors (Lipinski definition) is 4. The van der Waals surface area contributed by atoms with Gasteiger partial charge in [-0.05, 0) is 31.2 Å². The molecule has 1 amide bonds. The van der Waals surface area contributed by atoms with Gasteiger partial charge in [-0.3, -0.25) is 9.69 Å². The fraction of sp³-hybridized carbons (Fsp3) is 0.500. The lowest BCUT2D eigenvalue weighted by Gasteiger charge is -2.28. The van der Waals surface area contributed by atoms with E-state index in [1.54, 1.807) is 11.9 Å². The van der Waals surface area contributed by atoms with Crippen LogP contribution < -0.4 is 0 Å². The minimum Gasteiger partial charge on any atom is -0.468 e. The summed E-state index contributed by atoms with van der Waals surface area (Å²) in [6, 6.07) is 0.451. The average Bonchev–Trinajstić information content (AvgIpc) is 2.95. The number of methoxy groups -OCH3 is 1.